The van der Waals surface area contributed by atoms with Crippen LogP contribution in [0.15, 0.2) is 48.7 Å². The molecule has 0 aromatic heterocycles. The minimum atomic E-state index is 0.561. The van der Waals surface area contributed by atoms with E-state index in [1.54, 1.807) is 12.3 Å². The standard InChI is InChI=1S/C15H14N2O2/c1-2-19-13-7-5-11(6-8-13)14-10-12-4-3-9-17(18)15(12)16-14/h3-10,18H,2H2,1H3. The fourth-order valence-corrected chi connectivity index (χ4v) is 2.06. The number of fused-ring (bicyclic) bond motifs is 1. The van der Waals surface area contributed by atoms with Crippen LogP contribution >= 0.6 is 0 Å². The van der Waals surface area contributed by atoms with E-state index in [2.05, 4.69) is 4.98 Å². The molecule has 4 heteroatoms. The smallest absolute Gasteiger partial charge is 0.175 e. The van der Waals surface area contributed by atoms with E-state index < -0.39 is 0 Å². The zero-order chi connectivity index (χ0) is 13.2. The summed E-state index contributed by atoms with van der Waals surface area (Å²) in [5.74, 6) is 1.41. The predicted octanol–water partition coefficient (Wildman–Crippen LogP) is 3.29. The Labute approximate surface area is 111 Å². The molecule has 0 fully saturated rings. The predicted molar refractivity (Wildman–Crippen MR) is 72.6 cm³/mol. The number of hydrogen-bond donors (Lipinski definition) is 1. The lowest BCUT2D eigenvalue weighted by atomic mass is 10.1. The fourth-order valence-electron chi connectivity index (χ4n) is 2.06. The molecule has 0 radical (unpaired) electrons. The second-order valence-electron chi connectivity index (χ2n) is 4.23. The Balaban J connectivity index is 2.00. The summed E-state index contributed by atoms with van der Waals surface area (Å²) in [6, 6.07) is 13.4. The molecule has 1 aromatic rings. The van der Waals surface area contributed by atoms with Crippen LogP contribution in [0.3, 0.4) is 0 Å². The topological polar surface area (TPSA) is 47.3 Å². The number of hydrogen-bond acceptors (Lipinski definition) is 3. The van der Waals surface area contributed by atoms with E-state index in [0.717, 1.165) is 27.3 Å². The average molecular weight is 254 g/mol. The van der Waals surface area contributed by atoms with Gasteiger partial charge < -0.3 is 9.94 Å². The van der Waals surface area contributed by atoms with Gasteiger partial charge in [0.05, 0.1) is 12.3 Å². The summed E-state index contributed by atoms with van der Waals surface area (Å²) in [5, 5.41) is 9.68. The van der Waals surface area contributed by atoms with Crippen molar-refractivity contribution in [3.05, 3.63) is 48.7 Å². The van der Waals surface area contributed by atoms with E-state index in [-0.39, 0.29) is 0 Å². The lowest BCUT2D eigenvalue weighted by molar-refractivity contribution is 0.187. The highest BCUT2D eigenvalue weighted by atomic mass is 16.5. The third-order valence-electron chi connectivity index (χ3n) is 2.96. The second-order valence-corrected chi connectivity index (χ2v) is 4.23. The molecule has 0 saturated carbocycles. The number of benzene rings is 1. The summed E-state index contributed by atoms with van der Waals surface area (Å²) >= 11 is 0. The van der Waals surface area contributed by atoms with Crippen molar-refractivity contribution in [1.82, 2.24) is 9.71 Å². The zero-order valence-electron chi connectivity index (χ0n) is 10.6. The molecule has 3 rings (SSSR count). The van der Waals surface area contributed by atoms with Crippen LogP contribution in [0.5, 0.6) is 5.75 Å². The van der Waals surface area contributed by atoms with Crippen molar-refractivity contribution in [2.75, 3.05) is 6.61 Å². The summed E-state index contributed by atoms with van der Waals surface area (Å²) in [6.45, 7) is 2.61. The van der Waals surface area contributed by atoms with Crippen molar-refractivity contribution in [2.45, 2.75) is 6.92 Å². The molecule has 0 bridgehead atoms. The van der Waals surface area contributed by atoms with Crippen LogP contribution in [0.4, 0.5) is 0 Å². The minimum absolute atomic E-state index is 0.561. The van der Waals surface area contributed by atoms with Gasteiger partial charge in [0.1, 0.15) is 5.75 Å². The quantitative estimate of drug-likeness (QED) is 0.729. The second kappa shape index (κ2) is 4.65. The number of ether oxygens (including phenoxy) is 1. The zero-order valence-corrected chi connectivity index (χ0v) is 10.6. The van der Waals surface area contributed by atoms with Crippen molar-refractivity contribution >= 4 is 0 Å². The lowest BCUT2D eigenvalue weighted by Crippen LogP contribution is -1.96. The maximum absolute atomic E-state index is 9.68. The molecule has 2 heterocycles. The van der Waals surface area contributed by atoms with Crippen molar-refractivity contribution in [3.63, 3.8) is 0 Å². The fraction of sp³-hybridized carbons (Fsp3) is 0.133. The monoisotopic (exact) mass is 254 g/mol. The highest BCUT2D eigenvalue weighted by molar-refractivity contribution is 5.71. The van der Waals surface area contributed by atoms with Gasteiger partial charge in [0.2, 0.25) is 0 Å². The number of rotatable bonds is 3. The molecule has 0 spiro atoms. The molecule has 0 amide bonds. The van der Waals surface area contributed by atoms with Gasteiger partial charge in [0, 0.05) is 17.3 Å². The summed E-state index contributed by atoms with van der Waals surface area (Å²) in [4.78, 5) is 4.43. The molecule has 0 saturated heterocycles. The van der Waals surface area contributed by atoms with Crippen LogP contribution in [0.2, 0.25) is 0 Å². The van der Waals surface area contributed by atoms with Crippen molar-refractivity contribution < 1.29 is 9.94 Å². The van der Waals surface area contributed by atoms with Gasteiger partial charge in [0.15, 0.2) is 5.82 Å². The third kappa shape index (κ3) is 2.12. The van der Waals surface area contributed by atoms with Crippen LogP contribution in [0.1, 0.15) is 6.92 Å². The van der Waals surface area contributed by atoms with Gasteiger partial charge in [-0.05, 0) is 49.4 Å². The number of nitrogens with zero attached hydrogens (tertiary/aromatic N) is 2. The van der Waals surface area contributed by atoms with E-state index in [9.17, 15) is 5.21 Å². The highest BCUT2D eigenvalue weighted by Crippen LogP contribution is 2.28. The molecule has 1 N–H and O–H groups in total. The summed E-state index contributed by atoms with van der Waals surface area (Å²) < 4.78 is 6.45. The van der Waals surface area contributed by atoms with E-state index in [4.69, 9.17) is 4.74 Å². The molecular formula is C15H14N2O2. The third-order valence-corrected chi connectivity index (χ3v) is 2.96. The van der Waals surface area contributed by atoms with Crippen LogP contribution < -0.4 is 4.74 Å². The van der Waals surface area contributed by atoms with Gasteiger partial charge in [-0.15, -0.1) is 0 Å². The van der Waals surface area contributed by atoms with Crippen molar-refractivity contribution in [1.29, 1.82) is 0 Å². The Morgan fingerprint density at radius 2 is 1.95 bits per heavy atom. The van der Waals surface area contributed by atoms with Crippen molar-refractivity contribution in [2.24, 2.45) is 0 Å². The summed E-state index contributed by atoms with van der Waals surface area (Å²) in [7, 11) is 0. The Kier molecular flexibility index (Phi) is 2.83. The first kappa shape index (κ1) is 11.6. The van der Waals surface area contributed by atoms with Gasteiger partial charge in [-0.3, -0.25) is 0 Å². The molecule has 2 aliphatic heterocycles. The van der Waals surface area contributed by atoms with Crippen LogP contribution in [-0.2, 0) is 0 Å². The van der Waals surface area contributed by atoms with E-state index in [0.29, 0.717) is 12.4 Å². The molecule has 96 valence electrons. The molecule has 0 aliphatic carbocycles. The van der Waals surface area contributed by atoms with Crippen LogP contribution in [0, 0.1) is 0 Å². The van der Waals surface area contributed by atoms with Gasteiger partial charge in [-0.2, -0.15) is 4.73 Å². The first-order valence-electron chi connectivity index (χ1n) is 6.18. The van der Waals surface area contributed by atoms with Crippen LogP contribution in [0.25, 0.3) is 22.6 Å². The lowest BCUT2D eigenvalue weighted by Gasteiger charge is -2.03. The van der Waals surface area contributed by atoms with Crippen LogP contribution in [-0.4, -0.2) is 21.5 Å². The summed E-state index contributed by atoms with van der Waals surface area (Å²) in [6.07, 6.45) is 1.57. The Morgan fingerprint density at radius 1 is 1.16 bits per heavy atom. The van der Waals surface area contributed by atoms with Gasteiger partial charge in [-0.1, -0.05) is 0 Å². The normalized spacial score (nSPS) is 10.8. The van der Waals surface area contributed by atoms with Gasteiger partial charge in [-0.25, -0.2) is 4.98 Å². The first-order valence-corrected chi connectivity index (χ1v) is 6.18. The Morgan fingerprint density at radius 3 is 2.63 bits per heavy atom. The molecule has 2 aliphatic rings. The van der Waals surface area contributed by atoms with E-state index in [1.807, 2.05) is 43.3 Å². The summed E-state index contributed by atoms with van der Waals surface area (Å²) in [5.41, 5.74) is 2.75. The minimum Gasteiger partial charge on any atom is -0.494 e. The van der Waals surface area contributed by atoms with E-state index >= 15 is 0 Å². The highest BCUT2D eigenvalue weighted by Gasteiger charge is 2.12. The largest absolute Gasteiger partial charge is 0.494 e. The van der Waals surface area contributed by atoms with Gasteiger partial charge in [0.25, 0.3) is 0 Å². The number of pyridine rings is 1. The number of aromatic nitrogens is 2. The van der Waals surface area contributed by atoms with Crippen molar-refractivity contribution in [3.8, 4) is 28.4 Å². The van der Waals surface area contributed by atoms with E-state index in [1.165, 1.54) is 0 Å². The molecule has 0 unspecified atom stereocenters. The molecular weight excluding hydrogens is 240 g/mol. The maximum Gasteiger partial charge on any atom is 0.175 e. The Hall–Kier alpha value is -2.49. The SMILES string of the molecule is CCOc1ccc(-c2cc3cccn(O)c-3n2)cc1. The first-order chi connectivity index (χ1) is 9.28. The Bertz CT molecular complexity index is 658. The molecule has 19 heavy (non-hydrogen) atoms. The molecule has 0 atom stereocenters. The van der Waals surface area contributed by atoms with Gasteiger partial charge >= 0.3 is 0 Å². The maximum atomic E-state index is 9.68. The molecule has 4 nitrogen and oxygen atoms in total. The average Bonchev–Trinajstić information content (AvgIpc) is 2.85. The molecule has 1 aromatic carbocycles.